The van der Waals surface area contributed by atoms with Gasteiger partial charge >= 0.3 is 6.03 Å². The molecule has 0 saturated heterocycles. The van der Waals surface area contributed by atoms with E-state index >= 15 is 0 Å². The van der Waals surface area contributed by atoms with E-state index in [0.29, 0.717) is 22.5 Å². The molecular formula is C23H24N4O4S2. The van der Waals surface area contributed by atoms with E-state index in [1.165, 1.54) is 0 Å². The predicted molar refractivity (Wildman–Crippen MR) is 129 cm³/mol. The lowest BCUT2D eigenvalue weighted by Gasteiger charge is -2.14. The minimum atomic E-state index is -2.20. The van der Waals surface area contributed by atoms with Crippen LogP contribution in [0.3, 0.4) is 0 Å². The normalized spacial score (nSPS) is 15.7. The number of aryl methyl sites for hydroxylation is 1. The molecule has 1 aliphatic rings. The van der Waals surface area contributed by atoms with Crippen LogP contribution in [0.2, 0.25) is 0 Å². The van der Waals surface area contributed by atoms with Gasteiger partial charge in [-0.05, 0) is 49.6 Å². The molecule has 2 heterocycles. The van der Waals surface area contributed by atoms with E-state index in [2.05, 4.69) is 20.6 Å². The van der Waals surface area contributed by atoms with Gasteiger partial charge in [0.05, 0.1) is 11.4 Å². The Hall–Kier alpha value is -2.95. The first-order chi connectivity index (χ1) is 15.9. The molecule has 1 aromatic carbocycles. The van der Waals surface area contributed by atoms with Crippen LogP contribution in [0.4, 0.5) is 15.6 Å². The lowest BCUT2D eigenvalue weighted by atomic mass is 9.94. The average molecular weight is 485 g/mol. The number of hydrogen-bond donors (Lipinski definition) is 3. The number of nitrogens with zero attached hydrogens (tertiary/aromatic N) is 2. The van der Waals surface area contributed by atoms with Crippen LogP contribution in [0.15, 0.2) is 48.1 Å². The van der Waals surface area contributed by atoms with Crippen molar-refractivity contribution < 1.29 is 18.4 Å². The molecule has 8 nitrogen and oxygen atoms in total. The molecular weight excluding hydrogens is 460 g/mol. The maximum Gasteiger partial charge on any atom is 0.325 e. The van der Waals surface area contributed by atoms with Crippen LogP contribution in [0, 0.1) is 12.8 Å². The molecule has 3 N–H and O–H groups in total. The third-order valence-electron chi connectivity index (χ3n) is 5.64. The maximum atomic E-state index is 13.0. The van der Waals surface area contributed by atoms with Crippen molar-refractivity contribution in [2.75, 3.05) is 10.6 Å². The Kier molecular flexibility index (Phi) is 7.26. The quantitative estimate of drug-likeness (QED) is 0.314. The van der Waals surface area contributed by atoms with Gasteiger partial charge in [0.2, 0.25) is 0 Å². The van der Waals surface area contributed by atoms with Gasteiger partial charge in [0.25, 0.3) is 0 Å². The van der Waals surface area contributed by atoms with Gasteiger partial charge in [0.15, 0.2) is 22.0 Å². The minimum absolute atomic E-state index is 0.00130. The Morgan fingerprint density at radius 1 is 1.15 bits per heavy atom. The van der Waals surface area contributed by atoms with Gasteiger partial charge in [-0.25, -0.2) is 14.0 Å². The highest BCUT2D eigenvalue weighted by atomic mass is 32.2. The van der Waals surface area contributed by atoms with Crippen LogP contribution in [0.25, 0.3) is 0 Å². The summed E-state index contributed by atoms with van der Waals surface area (Å²) < 4.78 is 21.7. The highest BCUT2D eigenvalue weighted by molar-refractivity contribution is 7.79. The number of rotatable bonds is 7. The van der Waals surface area contributed by atoms with Crippen LogP contribution in [0.1, 0.15) is 58.1 Å². The van der Waals surface area contributed by atoms with Gasteiger partial charge in [-0.15, -0.1) is 11.3 Å². The van der Waals surface area contributed by atoms with E-state index in [0.717, 1.165) is 42.6 Å². The number of anilines is 2. The van der Waals surface area contributed by atoms with Gasteiger partial charge in [0, 0.05) is 29.3 Å². The van der Waals surface area contributed by atoms with Crippen LogP contribution in [0.5, 0.6) is 0 Å². The summed E-state index contributed by atoms with van der Waals surface area (Å²) in [4.78, 5) is 33.9. The Morgan fingerprint density at radius 2 is 1.88 bits per heavy atom. The summed E-state index contributed by atoms with van der Waals surface area (Å²) in [5, 5.41) is 6.48. The molecule has 0 bridgehead atoms. The number of aromatic nitrogens is 2. The van der Waals surface area contributed by atoms with E-state index in [1.54, 1.807) is 36.0 Å². The Labute approximate surface area is 198 Å². The molecule has 0 radical (unpaired) electrons. The van der Waals surface area contributed by atoms with E-state index in [9.17, 15) is 18.4 Å². The first kappa shape index (κ1) is 23.2. The molecule has 4 rings (SSSR count). The van der Waals surface area contributed by atoms with E-state index in [4.69, 9.17) is 0 Å². The first-order valence-corrected chi connectivity index (χ1v) is 12.6. The molecule has 2 unspecified atom stereocenters. The molecule has 0 spiro atoms. The molecule has 1 fully saturated rings. The van der Waals surface area contributed by atoms with Gasteiger partial charge in [0.1, 0.15) is 5.25 Å². The number of urea groups is 1. The number of hydrogen-bond acceptors (Lipinski definition) is 6. The average Bonchev–Trinajstić information content (AvgIpc) is 3.48. The molecule has 2 aromatic heterocycles. The molecule has 2 atom stereocenters. The summed E-state index contributed by atoms with van der Waals surface area (Å²) in [6.07, 6.45) is 6.95. The molecule has 172 valence electrons. The number of ketones is 1. The zero-order valence-electron chi connectivity index (χ0n) is 18.0. The second kappa shape index (κ2) is 10.3. The van der Waals surface area contributed by atoms with Gasteiger partial charge in [-0.2, -0.15) is 0 Å². The monoisotopic (exact) mass is 484 g/mol. The fraction of sp³-hybridized carbons (Fsp3) is 0.304. The van der Waals surface area contributed by atoms with E-state index < -0.39 is 22.4 Å². The second-order valence-electron chi connectivity index (χ2n) is 7.99. The molecule has 1 saturated carbocycles. The SMILES string of the molecule is Cc1ccc(NC(=O)Nc2nc(C(c3ccncc3)S(=O)O)cs2)c(C(=O)C2CCCC2)c1. The van der Waals surface area contributed by atoms with Crippen molar-refractivity contribution in [2.24, 2.45) is 5.92 Å². The van der Waals surface area contributed by atoms with E-state index in [1.807, 2.05) is 19.1 Å². The van der Waals surface area contributed by atoms with Gasteiger partial charge < -0.3 is 9.87 Å². The topological polar surface area (TPSA) is 121 Å². The number of pyridine rings is 1. The number of nitrogens with one attached hydrogen (secondary N) is 2. The second-order valence-corrected chi connectivity index (χ2v) is 9.87. The Balaban J connectivity index is 1.49. The zero-order valence-corrected chi connectivity index (χ0v) is 19.6. The first-order valence-electron chi connectivity index (χ1n) is 10.6. The molecule has 33 heavy (non-hydrogen) atoms. The summed E-state index contributed by atoms with van der Waals surface area (Å²) in [6.45, 7) is 1.91. The predicted octanol–water partition coefficient (Wildman–Crippen LogP) is 5.17. The smallest absolute Gasteiger partial charge is 0.307 e. The molecule has 1 aliphatic carbocycles. The van der Waals surface area contributed by atoms with Crippen molar-refractivity contribution in [2.45, 2.75) is 37.9 Å². The largest absolute Gasteiger partial charge is 0.325 e. The van der Waals surface area contributed by atoms with Crippen molar-refractivity contribution in [1.82, 2.24) is 9.97 Å². The summed E-state index contributed by atoms with van der Waals surface area (Å²) in [5.41, 5.74) is 2.89. The lowest BCUT2D eigenvalue weighted by molar-refractivity contribution is 0.0923. The minimum Gasteiger partial charge on any atom is -0.307 e. The summed E-state index contributed by atoms with van der Waals surface area (Å²) in [7, 11) is 0. The van der Waals surface area contributed by atoms with Crippen LogP contribution < -0.4 is 10.6 Å². The zero-order chi connectivity index (χ0) is 23.4. The summed E-state index contributed by atoms with van der Waals surface area (Å²) in [6, 6.07) is 8.16. The highest BCUT2D eigenvalue weighted by Gasteiger charge is 2.27. The van der Waals surface area contributed by atoms with Gasteiger partial charge in [-0.3, -0.25) is 15.1 Å². The Bertz CT molecular complexity index is 1180. The number of carbonyl (C=O) groups excluding carboxylic acids is 2. The van der Waals surface area contributed by atoms with Crippen molar-refractivity contribution in [3.8, 4) is 0 Å². The highest BCUT2D eigenvalue weighted by Crippen LogP contribution is 2.32. The third kappa shape index (κ3) is 5.52. The van der Waals surface area contributed by atoms with E-state index in [-0.39, 0.29) is 16.8 Å². The summed E-state index contributed by atoms with van der Waals surface area (Å²) in [5.74, 6) is 0.0649. The summed E-state index contributed by atoms with van der Waals surface area (Å²) >= 11 is -1.05. The number of Topliss-reactive ketones (excluding diaryl/α,β-unsaturated/α-hetero) is 1. The number of amides is 2. The molecule has 2 amide bonds. The fourth-order valence-corrected chi connectivity index (χ4v) is 5.56. The van der Waals surface area contributed by atoms with Gasteiger partial charge in [-0.1, -0.05) is 24.5 Å². The standard InChI is InChI=1S/C23H24N4O4S2/c1-14-6-7-18(17(12-14)20(28)15-4-2-3-5-15)25-22(29)27-23-26-19(13-32-23)21(33(30)31)16-8-10-24-11-9-16/h6-13,15,21H,2-5H2,1H3,(H,30,31)(H2,25,26,27,29). The van der Waals surface area contributed by atoms with Crippen LogP contribution >= 0.6 is 11.3 Å². The van der Waals surface area contributed by atoms with Crippen molar-refractivity contribution in [3.05, 3.63) is 70.5 Å². The maximum absolute atomic E-state index is 13.0. The van der Waals surface area contributed by atoms with Crippen LogP contribution in [-0.2, 0) is 11.1 Å². The molecule has 0 aliphatic heterocycles. The van der Waals surface area contributed by atoms with Crippen LogP contribution in [-0.4, -0.2) is 30.5 Å². The fourth-order valence-electron chi connectivity index (χ4n) is 4.02. The lowest BCUT2D eigenvalue weighted by Crippen LogP contribution is -2.22. The van der Waals surface area contributed by atoms with Crippen molar-refractivity contribution in [1.29, 1.82) is 0 Å². The number of thiazole rings is 1. The number of benzene rings is 1. The number of carbonyl (C=O) groups is 2. The molecule has 10 heteroatoms. The van der Waals surface area contributed by atoms with Crippen molar-refractivity contribution >= 4 is 45.1 Å². The Morgan fingerprint density at radius 3 is 2.58 bits per heavy atom. The molecule has 3 aromatic rings. The third-order valence-corrected chi connectivity index (χ3v) is 7.33. The van der Waals surface area contributed by atoms with Crippen molar-refractivity contribution in [3.63, 3.8) is 0 Å².